The average Bonchev–Trinajstić information content (AvgIpc) is 3.15. The number of carboxylic acid groups (broad SMARTS) is 1. The van der Waals surface area contributed by atoms with Gasteiger partial charge in [-0.15, -0.1) is 0 Å². The molecule has 0 unspecified atom stereocenters. The topological polar surface area (TPSA) is 106 Å². The number of aromatic nitrogens is 5. The van der Waals surface area contributed by atoms with Gasteiger partial charge in [0.25, 0.3) is 0 Å². The fraction of sp³-hybridized carbons (Fsp3) is 0.105. The van der Waals surface area contributed by atoms with E-state index >= 15 is 0 Å². The van der Waals surface area contributed by atoms with Crippen LogP contribution in [0.1, 0.15) is 0 Å². The summed E-state index contributed by atoms with van der Waals surface area (Å²) < 4.78 is 33.5. The largest absolute Gasteiger partial charge is 0.490 e. The van der Waals surface area contributed by atoms with Crippen molar-refractivity contribution < 1.29 is 23.1 Å². The molecule has 4 aromatic rings. The van der Waals surface area contributed by atoms with E-state index in [1.807, 2.05) is 37.5 Å². The van der Waals surface area contributed by atoms with Gasteiger partial charge < -0.3 is 10.4 Å². The van der Waals surface area contributed by atoms with E-state index in [1.54, 1.807) is 29.5 Å². The molecule has 0 amide bonds. The molecule has 0 saturated carbocycles. The third kappa shape index (κ3) is 5.66. The van der Waals surface area contributed by atoms with E-state index < -0.39 is 12.1 Å². The molecule has 0 atom stereocenters. The molecule has 1 aromatic carbocycles. The summed E-state index contributed by atoms with van der Waals surface area (Å²) in [4.78, 5) is 21.8. The molecule has 4 rings (SSSR count). The second-order valence-corrected chi connectivity index (χ2v) is 6.55. The van der Waals surface area contributed by atoms with Crippen LogP contribution in [-0.2, 0) is 11.8 Å². The molecule has 0 spiro atoms. The molecule has 2 N–H and O–H groups in total. The number of benzene rings is 1. The number of anilines is 2. The Morgan fingerprint density at radius 3 is 2.39 bits per heavy atom. The number of aryl methyl sites for hydroxylation is 1. The van der Waals surface area contributed by atoms with Gasteiger partial charge >= 0.3 is 12.1 Å². The zero-order valence-electron chi connectivity index (χ0n) is 15.8. The zero-order valence-corrected chi connectivity index (χ0v) is 16.6. The average molecular weight is 451 g/mol. The molecule has 0 fully saturated rings. The van der Waals surface area contributed by atoms with Crippen LogP contribution in [0.4, 0.5) is 24.7 Å². The Hall–Kier alpha value is -3.73. The van der Waals surface area contributed by atoms with Gasteiger partial charge in [-0.3, -0.25) is 14.6 Å². The Balaban J connectivity index is 0.000000339. The molecular weight excluding hydrogens is 437 g/mol. The van der Waals surface area contributed by atoms with Gasteiger partial charge in [-0.1, -0.05) is 11.6 Å². The van der Waals surface area contributed by atoms with Crippen molar-refractivity contribution in [1.29, 1.82) is 0 Å². The summed E-state index contributed by atoms with van der Waals surface area (Å²) in [6.45, 7) is 0. The van der Waals surface area contributed by atoms with E-state index in [4.69, 9.17) is 21.5 Å². The van der Waals surface area contributed by atoms with Gasteiger partial charge in [0.1, 0.15) is 5.82 Å². The van der Waals surface area contributed by atoms with Crippen molar-refractivity contribution in [3.63, 3.8) is 0 Å². The number of carboxylic acids is 1. The van der Waals surface area contributed by atoms with E-state index in [2.05, 4.69) is 25.4 Å². The smallest absolute Gasteiger partial charge is 0.475 e. The second kappa shape index (κ2) is 8.96. The maximum atomic E-state index is 10.6. The Labute approximate surface area is 178 Å². The zero-order chi connectivity index (χ0) is 22.6. The first-order valence-electron chi connectivity index (χ1n) is 8.56. The summed E-state index contributed by atoms with van der Waals surface area (Å²) in [5.74, 6) is -2.06. The molecule has 0 aliphatic heterocycles. The molecule has 12 heteroatoms. The Kier molecular flexibility index (Phi) is 6.35. The van der Waals surface area contributed by atoms with E-state index in [-0.39, 0.29) is 0 Å². The van der Waals surface area contributed by atoms with Crippen LogP contribution in [0.25, 0.3) is 22.2 Å². The van der Waals surface area contributed by atoms with Gasteiger partial charge in [0, 0.05) is 48.6 Å². The number of aliphatic carboxylic acids is 1. The van der Waals surface area contributed by atoms with Gasteiger partial charge in [0.2, 0.25) is 0 Å². The van der Waals surface area contributed by atoms with Gasteiger partial charge in [-0.25, -0.2) is 9.78 Å². The number of nitrogens with one attached hydrogen (secondary N) is 1. The summed E-state index contributed by atoms with van der Waals surface area (Å²) in [5.41, 5.74) is 4.38. The fourth-order valence-corrected chi connectivity index (χ4v) is 2.69. The van der Waals surface area contributed by atoms with Crippen LogP contribution in [0, 0.1) is 0 Å². The van der Waals surface area contributed by atoms with E-state index in [0.29, 0.717) is 10.8 Å². The normalized spacial score (nSPS) is 11.0. The molecule has 31 heavy (non-hydrogen) atoms. The third-order valence-electron chi connectivity index (χ3n) is 3.86. The van der Waals surface area contributed by atoms with Crippen LogP contribution in [0.2, 0.25) is 5.02 Å². The standard InChI is InChI=1S/C17H13ClN6.C2HF3O2/c1-24-10-11(8-22-24)13-7-17(21-9-14(13)18)23-12-2-3-15-16(6-12)20-5-4-19-15;3-2(4,5)1(6)7/h2-10H,1H3,(H,21,23);(H,6,7). The highest BCUT2D eigenvalue weighted by Gasteiger charge is 2.38. The first kappa shape index (κ1) is 22.0. The fourth-order valence-electron chi connectivity index (χ4n) is 2.48. The minimum absolute atomic E-state index is 0.581. The molecule has 0 saturated heterocycles. The highest BCUT2D eigenvalue weighted by Crippen LogP contribution is 2.30. The predicted octanol–water partition coefficient (Wildman–Crippen LogP) is 4.46. The molecule has 0 aliphatic rings. The first-order valence-corrected chi connectivity index (χ1v) is 8.94. The molecule has 8 nitrogen and oxygen atoms in total. The predicted molar refractivity (Wildman–Crippen MR) is 108 cm³/mol. The number of fused-ring (bicyclic) bond motifs is 1. The van der Waals surface area contributed by atoms with Gasteiger partial charge in [-0.2, -0.15) is 18.3 Å². The molecule has 3 heterocycles. The highest BCUT2D eigenvalue weighted by atomic mass is 35.5. The Morgan fingerprint density at radius 2 is 1.77 bits per heavy atom. The van der Waals surface area contributed by atoms with Gasteiger partial charge in [-0.05, 0) is 24.3 Å². The number of hydrogen-bond acceptors (Lipinski definition) is 6. The van der Waals surface area contributed by atoms with Crippen molar-refractivity contribution in [3.05, 3.63) is 60.3 Å². The maximum Gasteiger partial charge on any atom is 0.490 e. The third-order valence-corrected chi connectivity index (χ3v) is 4.16. The quantitative estimate of drug-likeness (QED) is 0.474. The molecule has 0 aliphatic carbocycles. The SMILES string of the molecule is Cn1cc(-c2cc(Nc3ccc4nccnc4c3)ncc2Cl)cn1.O=C(O)C(F)(F)F. The van der Waals surface area contributed by atoms with Crippen molar-refractivity contribution in [3.8, 4) is 11.1 Å². The molecule has 0 radical (unpaired) electrons. The van der Waals surface area contributed by atoms with Crippen LogP contribution < -0.4 is 5.32 Å². The van der Waals surface area contributed by atoms with Crippen molar-refractivity contribution in [2.45, 2.75) is 6.18 Å². The van der Waals surface area contributed by atoms with Crippen LogP contribution in [-0.4, -0.2) is 42.0 Å². The summed E-state index contributed by atoms with van der Waals surface area (Å²) >= 11 is 6.28. The monoisotopic (exact) mass is 450 g/mol. The number of pyridine rings is 1. The lowest BCUT2D eigenvalue weighted by molar-refractivity contribution is -0.192. The lowest BCUT2D eigenvalue weighted by Gasteiger charge is -2.09. The summed E-state index contributed by atoms with van der Waals surface area (Å²) in [6.07, 6.45) is 3.59. The number of halogens is 4. The number of carbonyl (C=O) groups is 1. The van der Waals surface area contributed by atoms with E-state index in [9.17, 15) is 13.2 Å². The second-order valence-electron chi connectivity index (χ2n) is 6.14. The molecule has 0 bridgehead atoms. The van der Waals surface area contributed by atoms with Crippen molar-refractivity contribution in [2.75, 3.05) is 5.32 Å². The number of nitrogens with zero attached hydrogens (tertiary/aromatic N) is 5. The summed E-state index contributed by atoms with van der Waals surface area (Å²) in [6, 6.07) is 7.70. The molecular formula is C19H14ClF3N6O2. The lowest BCUT2D eigenvalue weighted by atomic mass is 10.1. The Morgan fingerprint density at radius 1 is 1.10 bits per heavy atom. The molecule has 160 valence electrons. The van der Waals surface area contributed by atoms with Crippen LogP contribution >= 0.6 is 11.6 Å². The minimum Gasteiger partial charge on any atom is -0.475 e. The maximum absolute atomic E-state index is 10.6. The number of hydrogen-bond donors (Lipinski definition) is 2. The number of rotatable bonds is 3. The number of alkyl halides is 3. The van der Waals surface area contributed by atoms with Crippen LogP contribution in [0.5, 0.6) is 0 Å². The van der Waals surface area contributed by atoms with Gasteiger partial charge in [0.15, 0.2) is 0 Å². The summed E-state index contributed by atoms with van der Waals surface area (Å²) in [7, 11) is 1.87. The minimum atomic E-state index is -5.08. The van der Waals surface area contributed by atoms with Crippen molar-refractivity contribution in [2.24, 2.45) is 7.05 Å². The van der Waals surface area contributed by atoms with Crippen molar-refractivity contribution >= 4 is 40.1 Å². The van der Waals surface area contributed by atoms with Gasteiger partial charge in [0.05, 0.1) is 22.3 Å². The lowest BCUT2D eigenvalue weighted by Crippen LogP contribution is -2.21. The van der Waals surface area contributed by atoms with Crippen LogP contribution in [0.15, 0.2) is 55.2 Å². The first-order chi connectivity index (χ1) is 14.6. The highest BCUT2D eigenvalue weighted by molar-refractivity contribution is 6.33. The Bertz CT molecular complexity index is 1230. The van der Waals surface area contributed by atoms with E-state index in [1.165, 1.54) is 0 Å². The van der Waals surface area contributed by atoms with Crippen molar-refractivity contribution in [1.82, 2.24) is 24.7 Å². The molecule has 3 aromatic heterocycles. The van der Waals surface area contributed by atoms with Crippen LogP contribution in [0.3, 0.4) is 0 Å². The summed E-state index contributed by atoms with van der Waals surface area (Å²) in [5, 5.41) is 15.2. The van der Waals surface area contributed by atoms with E-state index in [0.717, 1.165) is 27.8 Å².